The number of benzene rings is 1. The summed E-state index contributed by atoms with van der Waals surface area (Å²) in [6.45, 7) is 10.4. The first-order chi connectivity index (χ1) is 13.5. The molecule has 1 aromatic carbocycles. The van der Waals surface area contributed by atoms with E-state index in [9.17, 15) is 9.90 Å². The Kier molecular flexibility index (Phi) is 5.00. The summed E-state index contributed by atoms with van der Waals surface area (Å²) >= 11 is 0. The van der Waals surface area contributed by atoms with Crippen molar-refractivity contribution >= 4 is 5.91 Å². The number of carbonyl (C=O) groups is 1. The number of ether oxygens (including phenoxy) is 1. The van der Waals surface area contributed by atoms with Gasteiger partial charge in [0.1, 0.15) is 5.75 Å². The number of hydrogen-bond acceptors (Lipinski definition) is 3. The highest BCUT2D eigenvalue weighted by Crippen LogP contribution is 2.50. The molecular weight excluding hydrogens is 362 g/mol. The van der Waals surface area contributed by atoms with Gasteiger partial charge in [-0.2, -0.15) is 0 Å². The number of rotatable bonds is 3. The molecule has 2 saturated carbocycles. The van der Waals surface area contributed by atoms with Crippen LogP contribution in [0.5, 0.6) is 5.75 Å². The number of nitrogens with zero attached hydrogens (tertiary/aromatic N) is 1. The molecule has 0 unspecified atom stereocenters. The molecule has 1 saturated heterocycles. The monoisotopic (exact) mass is 399 g/mol. The average molecular weight is 400 g/mol. The fraction of sp³-hybridized carbons (Fsp3) is 0.720. The van der Waals surface area contributed by atoms with Crippen molar-refractivity contribution < 1.29 is 14.6 Å². The molecule has 1 heterocycles. The van der Waals surface area contributed by atoms with Gasteiger partial charge < -0.3 is 14.7 Å². The Morgan fingerprint density at radius 1 is 1.17 bits per heavy atom. The summed E-state index contributed by atoms with van der Waals surface area (Å²) in [7, 11) is 1.75. The lowest BCUT2D eigenvalue weighted by Crippen LogP contribution is -2.62. The Hall–Kier alpha value is -1.55. The molecule has 1 amide bonds. The second-order valence-corrected chi connectivity index (χ2v) is 11.3. The maximum Gasteiger partial charge on any atom is 0.225 e. The fourth-order valence-electron chi connectivity index (χ4n) is 5.80. The van der Waals surface area contributed by atoms with Crippen molar-refractivity contribution in [2.24, 2.45) is 11.3 Å². The molecule has 160 valence electrons. The minimum absolute atomic E-state index is 0.0498. The van der Waals surface area contributed by atoms with Gasteiger partial charge in [-0.05, 0) is 74.0 Å². The number of amides is 1. The van der Waals surface area contributed by atoms with Crippen LogP contribution < -0.4 is 4.74 Å². The molecule has 1 N–H and O–H groups in total. The smallest absolute Gasteiger partial charge is 0.225 e. The molecule has 4 rings (SSSR count). The highest BCUT2D eigenvalue weighted by molar-refractivity contribution is 5.81. The molecule has 4 nitrogen and oxygen atoms in total. The first kappa shape index (κ1) is 20.7. The molecule has 1 spiro atoms. The number of hydrogen-bond donors (Lipinski definition) is 1. The van der Waals surface area contributed by atoms with E-state index in [-0.39, 0.29) is 17.2 Å². The van der Waals surface area contributed by atoms with Crippen molar-refractivity contribution in [3.05, 3.63) is 29.3 Å². The second-order valence-electron chi connectivity index (χ2n) is 11.3. The highest BCUT2D eigenvalue weighted by Gasteiger charge is 2.51. The van der Waals surface area contributed by atoms with Crippen LogP contribution in [0.25, 0.3) is 0 Å². The largest absolute Gasteiger partial charge is 0.496 e. The molecular formula is C25H37NO3. The van der Waals surface area contributed by atoms with Gasteiger partial charge in [0.2, 0.25) is 5.91 Å². The van der Waals surface area contributed by atoms with Crippen LogP contribution in [-0.4, -0.2) is 41.7 Å². The van der Waals surface area contributed by atoms with E-state index in [1.54, 1.807) is 7.11 Å². The third-order valence-corrected chi connectivity index (χ3v) is 7.63. The molecule has 4 heteroatoms. The SMILES string of the molecule is COc1ccc(C2CCC3(CC2)CN(C(=O)C2CC(C)(O)C2)C3)cc1C(C)(C)C. The van der Waals surface area contributed by atoms with E-state index in [0.29, 0.717) is 24.2 Å². The standard InChI is InChI=1S/C25H37NO3/c1-23(2,3)20-12-18(6-7-21(20)29-5)17-8-10-25(11-9-17)15-26(16-25)22(27)19-13-24(4,28)14-19/h6-7,12,17,19,28H,8-11,13-16H2,1-5H3. The van der Waals surface area contributed by atoms with Crippen LogP contribution in [-0.2, 0) is 10.2 Å². The van der Waals surface area contributed by atoms with Crippen LogP contribution in [0, 0.1) is 11.3 Å². The van der Waals surface area contributed by atoms with Gasteiger partial charge in [-0.3, -0.25) is 4.79 Å². The molecule has 3 aliphatic rings. The third-order valence-electron chi connectivity index (χ3n) is 7.63. The topological polar surface area (TPSA) is 49.8 Å². The number of methoxy groups -OCH3 is 1. The Balaban J connectivity index is 1.34. The van der Waals surface area contributed by atoms with Crippen molar-refractivity contribution in [3.63, 3.8) is 0 Å². The predicted octanol–water partition coefficient (Wildman–Crippen LogP) is 4.64. The summed E-state index contributed by atoms with van der Waals surface area (Å²) in [4.78, 5) is 14.6. The van der Waals surface area contributed by atoms with E-state index < -0.39 is 5.60 Å². The summed E-state index contributed by atoms with van der Waals surface area (Å²) < 4.78 is 5.60. The van der Waals surface area contributed by atoms with Gasteiger partial charge >= 0.3 is 0 Å². The van der Waals surface area contributed by atoms with Gasteiger partial charge in [0.25, 0.3) is 0 Å². The zero-order valence-electron chi connectivity index (χ0n) is 18.8. The normalized spacial score (nSPS) is 29.3. The molecule has 29 heavy (non-hydrogen) atoms. The summed E-state index contributed by atoms with van der Waals surface area (Å²) in [6, 6.07) is 6.74. The van der Waals surface area contributed by atoms with Gasteiger partial charge in [0, 0.05) is 24.4 Å². The average Bonchev–Trinajstić information content (AvgIpc) is 2.62. The van der Waals surface area contributed by atoms with E-state index in [1.165, 1.54) is 36.8 Å². The Labute approximate surface area is 175 Å². The molecule has 3 fully saturated rings. The first-order valence-electron chi connectivity index (χ1n) is 11.2. The van der Waals surface area contributed by atoms with Crippen LogP contribution >= 0.6 is 0 Å². The molecule has 0 bridgehead atoms. The summed E-state index contributed by atoms with van der Waals surface area (Å²) in [5.74, 6) is 1.92. The van der Waals surface area contributed by atoms with Gasteiger partial charge in [0.05, 0.1) is 12.7 Å². The molecule has 2 aliphatic carbocycles. The minimum atomic E-state index is -0.620. The van der Waals surface area contributed by atoms with Gasteiger partial charge in [-0.1, -0.05) is 32.9 Å². The Morgan fingerprint density at radius 3 is 2.31 bits per heavy atom. The van der Waals surface area contributed by atoms with Crippen LogP contribution in [0.1, 0.15) is 83.3 Å². The highest BCUT2D eigenvalue weighted by atomic mass is 16.5. The number of aliphatic hydroxyl groups is 1. The molecule has 0 aromatic heterocycles. The van der Waals surface area contributed by atoms with Crippen molar-refractivity contribution in [1.82, 2.24) is 4.90 Å². The lowest BCUT2D eigenvalue weighted by molar-refractivity contribution is -0.163. The summed E-state index contributed by atoms with van der Waals surface area (Å²) in [5.41, 5.74) is 2.52. The summed E-state index contributed by atoms with van der Waals surface area (Å²) in [5, 5.41) is 9.91. The maximum atomic E-state index is 12.6. The first-order valence-corrected chi connectivity index (χ1v) is 11.2. The van der Waals surface area contributed by atoms with E-state index in [2.05, 4.69) is 39.0 Å². The Morgan fingerprint density at radius 2 is 1.79 bits per heavy atom. The zero-order chi connectivity index (χ0) is 21.0. The lowest BCUT2D eigenvalue weighted by atomic mass is 9.63. The van der Waals surface area contributed by atoms with Crippen LogP contribution in [0.4, 0.5) is 0 Å². The van der Waals surface area contributed by atoms with Gasteiger partial charge in [-0.15, -0.1) is 0 Å². The molecule has 1 aromatic rings. The second kappa shape index (κ2) is 7.01. The summed E-state index contributed by atoms with van der Waals surface area (Å²) in [6.07, 6.45) is 6.09. The van der Waals surface area contributed by atoms with Crippen LogP contribution in [0.2, 0.25) is 0 Å². The predicted molar refractivity (Wildman–Crippen MR) is 115 cm³/mol. The van der Waals surface area contributed by atoms with Crippen LogP contribution in [0.3, 0.4) is 0 Å². The van der Waals surface area contributed by atoms with Crippen LogP contribution in [0.15, 0.2) is 18.2 Å². The molecule has 1 aliphatic heterocycles. The minimum Gasteiger partial charge on any atom is -0.496 e. The maximum absolute atomic E-state index is 12.6. The lowest BCUT2D eigenvalue weighted by Gasteiger charge is -2.55. The van der Waals surface area contributed by atoms with Crippen molar-refractivity contribution in [2.45, 2.75) is 83.2 Å². The number of carbonyl (C=O) groups excluding carboxylic acids is 1. The van der Waals surface area contributed by atoms with Crippen molar-refractivity contribution in [1.29, 1.82) is 0 Å². The third kappa shape index (κ3) is 3.93. The van der Waals surface area contributed by atoms with Gasteiger partial charge in [-0.25, -0.2) is 0 Å². The van der Waals surface area contributed by atoms with Gasteiger partial charge in [0.15, 0.2) is 0 Å². The quantitative estimate of drug-likeness (QED) is 0.805. The van der Waals surface area contributed by atoms with E-state index in [4.69, 9.17) is 4.74 Å². The molecule has 0 radical (unpaired) electrons. The van der Waals surface area contributed by atoms with E-state index in [1.807, 2.05) is 11.8 Å². The number of likely N-dealkylation sites (tertiary alicyclic amines) is 1. The van der Waals surface area contributed by atoms with E-state index in [0.717, 1.165) is 18.8 Å². The van der Waals surface area contributed by atoms with Crippen molar-refractivity contribution in [3.8, 4) is 5.75 Å². The van der Waals surface area contributed by atoms with E-state index >= 15 is 0 Å². The fourth-order valence-corrected chi connectivity index (χ4v) is 5.80. The zero-order valence-corrected chi connectivity index (χ0v) is 18.8. The molecule has 0 atom stereocenters. The Bertz CT molecular complexity index is 768. The van der Waals surface area contributed by atoms with Crippen molar-refractivity contribution in [2.75, 3.05) is 20.2 Å².